The summed E-state index contributed by atoms with van der Waals surface area (Å²) in [6, 6.07) is 3.86. The Kier molecular flexibility index (Phi) is 5.68. The molecule has 2 atom stereocenters. The molecule has 1 fully saturated rings. The molecule has 140 valence electrons. The molecule has 7 heteroatoms. The summed E-state index contributed by atoms with van der Waals surface area (Å²) in [7, 11) is 0. The highest BCUT2D eigenvalue weighted by atomic mass is 16.3. The van der Waals surface area contributed by atoms with Gasteiger partial charge in [0.25, 0.3) is 0 Å². The average Bonchev–Trinajstić information content (AvgIpc) is 2.62. The van der Waals surface area contributed by atoms with Crippen molar-refractivity contribution >= 4 is 28.3 Å². The van der Waals surface area contributed by atoms with E-state index < -0.39 is 6.10 Å². The van der Waals surface area contributed by atoms with Gasteiger partial charge in [-0.15, -0.1) is 0 Å². The predicted octanol–water partition coefficient (Wildman–Crippen LogP) is 2.44. The summed E-state index contributed by atoms with van der Waals surface area (Å²) < 4.78 is 0. The number of pyridine rings is 2. The van der Waals surface area contributed by atoms with Crippen LogP contribution in [0.3, 0.4) is 0 Å². The summed E-state index contributed by atoms with van der Waals surface area (Å²) in [5.41, 5.74) is 0.590. The van der Waals surface area contributed by atoms with Gasteiger partial charge in [0, 0.05) is 29.6 Å². The van der Waals surface area contributed by atoms with Crippen LogP contribution in [0.15, 0.2) is 18.3 Å². The van der Waals surface area contributed by atoms with Gasteiger partial charge in [-0.25, -0.2) is 9.97 Å². The third-order valence-corrected chi connectivity index (χ3v) is 4.51. The molecule has 7 nitrogen and oxygen atoms in total. The lowest BCUT2D eigenvalue weighted by Gasteiger charge is -2.21. The molecule has 0 saturated carbocycles. The maximum atomic E-state index is 12.5. The van der Waals surface area contributed by atoms with E-state index in [4.69, 9.17) is 0 Å². The lowest BCUT2D eigenvalue weighted by molar-refractivity contribution is -0.120. The Morgan fingerprint density at radius 1 is 1.35 bits per heavy atom. The van der Waals surface area contributed by atoms with Crippen molar-refractivity contribution in [3.8, 4) is 0 Å². The Balaban J connectivity index is 1.90. The monoisotopic (exact) mass is 357 g/mol. The van der Waals surface area contributed by atoms with Crippen molar-refractivity contribution in [1.82, 2.24) is 15.3 Å². The number of aliphatic hydroxyl groups is 1. The van der Waals surface area contributed by atoms with Crippen LogP contribution in [0.4, 0.5) is 11.6 Å². The van der Waals surface area contributed by atoms with Crippen molar-refractivity contribution in [2.75, 3.05) is 23.7 Å². The lowest BCUT2D eigenvalue weighted by Crippen LogP contribution is -2.37. The Hall–Kier alpha value is -2.25. The molecule has 1 aliphatic heterocycles. The number of carbonyl (C=O) groups is 1. The molecule has 0 radical (unpaired) electrons. The molecule has 4 N–H and O–H groups in total. The minimum absolute atomic E-state index is 0.00372. The second-order valence-electron chi connectivity index (χ2n) is 7.19. The quantitative estimate of drug-likeness (QED) is 0.656. The van der Waals surface area contributed by atoms with E-state index in [1.54, 1.807) is 13.1 Å². The first-order chi connectivity index (χ1) is 12.4. The number of rotatable bonds is 5. The molecule has 0 aromatic carbocycles. The fourth-order valence-corrected chi connectivity index (χ4v) is 3.14. The molecule has 2 aromatic heterocycles. The zero-order valence-corrected chi connectivity index (χ0v) is 15.5. The zero-order chi connectivity index (χ0) is 18.7. The molecule has 1 aliphatic rings. The third-order valence-electron chi connectivity index (χ3n) is 4.51. The highest BCUT2D eigenvalue weighted by Crippen LogP contribution is 2.27. The predicted molar refractivity (Wildman–Crippen MR) is 103 cm³/mol. The number of anilines is 2. The average molecular weight is 357 g/mol. The van der Waals surface area contributed by atoms with Crippen molar-refractivity contribution in [3.63, 3.8) is 0 Å². The summed E-state index contributed by atoms with van der Waals surface area (Å²) in [6.45, 7) is 7.43. The van der Waals surface area contributed by atoms with Crippen LogP contribution in [-0.4, -0.2) is 40.1 Å². The van der Waals surface area contributed by atoms with Gasteiger partial charge < -0.3 is 21.1 Å². The molecule has 26 heavy (non-hydrogen) atoms. The van der Waals surface area contributed by atoms with E-state index in [1.807, 2.05) is 26.0 Å². The Bertz CT molecular complexity index is 785. The van der Waals surface area contributed by atoms with Crippen LogP contribution in [-0.2, 0) is 4.79 Å². The van der Waals surface area contributed by atoms with Crippen molar-refractivity contribution in [2.45, 2.75) is 45.8 Å². The number of hydrogen-bond donors (Lipinski definition) is 4. The normalized spacial score (nSPS) is 18.7. The smallest absolute Gasteiger partial charge is 0.229 e. The van der Waals surface area contributed by atoms with Crippen LogP contribution in [0.5, 0.6) is 0 Å². The van der Waals surface area contributed by atoms with Gasteiger partial charge in [0.15, 0.2) is 0 Å². The molecule has 2 aromatic rings. The van der Waals surface area contributed by atoms with Crippen molar-refractivity contribution in [2.24, 2.45) is 5.92 Å². The molecule has 3 rings (SSSR count). The van der Waals surface area contributed by atoms with Crippen molar-refractivity contribution < 1.29 is 9.90 Å². The number of aliphatic hydroxyl groups excluding tert-OH is 1. The maximum Gasteiger partial charge on any atom is 0.229 e. The molecular weight excluding hydrogens is 330 g/mol. The Labute approximate surface area is 153 Å². The fourth-order valence-electron chi connectivity index (χ4n) is 3.14. The second kappa shape index (κ2) is 7.97. The zero-order valence-electron chi connectivity index (χ0n) is 15.5. The first-order valence-corrected chi connectivity index (χ1v) is 9.21. The topological polar surface area (TPSA) is 99.2 Å². The summed E-state index contributed by atoms with van der Waals surface area (Å²) >= 11 is 0. The van der Waals surface area contributed by atoms with E-state index in [0.717, 1.165) is 30.2 Å². The van der Waals surface area contributed by atoms with Gasteiger partial charge in [-0.05, 0) is 52.3 Å². The minimum Gasteiger partial charge on any atom is -0.387 e. The molecular formula is C19H27N5O2. The molecule has 3 heterocycles. The number of fused-ring (bicyclic) bond motifs is 1. The van der Waals surface area contributed by atoms with Gasteiger partial charge >= 0.3 is 0 Å². The molecule has 0 spiro atoms. The van der Waals surface area contributed by atoms with Crippen LogP contribution in [0.25, 0.3) is 10.8 Å². The third kappa shape index (κ3) is 4.28. The Morgan fingerprint density at radius 2 is 2.15 bits per heavy atom. The van der Waals surface area contributed by atoms with E-state index in [9.17, 15) is 9.90 Å². The fraction of sp³-hybridized carbons (Fsp3) is 0.526. The number of nitrogens with one attached hydrogen (secondary N) is 3. The number of nitrogens with zero attached hydrogens (tertiary/aromatic N) is 2. The second-order valence-corrected chi connectivity index (χ2v) is 7.19. The van der Waals surface area contributed by atoms with Gasteiger partial charge in [0.1, 0.15) is 11.6 Å². The Morgan fingerprint density at radius 3 is 2.81 bits per heavy atom. The molecule has 0 aliphatic carbocycles. The molecule has 1 saturated heterocycles. The van der Waals surface area contributed by atoms with E-state index >= 15 is 0 Å². The summed E-state index contributed by atoms with van der Waals surface area (Å²) in [5, 5.41) is 21.1. The summed E-state index contributed by atoms with van der Waals surface area (Å²) in [6.07, 6.45) is 2.96. The first-order valence-electron chi connectivity index (χ1n) is 9.21. The number of hydrogen-bond acceptors (Lipinski definition) is 6. The van der Waals surface area contributed by atoms with Crippen molar-refractivity contribution in [3.05, 3.63) is 24.0 Å². The van der Waals surface area contributed by atoms with Crippen LogP contribution >= 0.6 is 0 Å². The van der Waals surface area contributed by atoms with Gasteiger partial charge in [0.05, 0.1) is 17.7 Å². The molecule has 1 amide bonds. The van der Waals surface area contributed by atoms with Crippen molar-refractivity contribution in [1.29, 1.82) is 0 Å². The van der Waals surface area contributed by atoms with E-state index in [0.29, 0.717) is 23.9 Å². The SMILES string of the molecule is CC(C)Nc1nc([C@@H](C)O)cc2cnc(NC(=O)C3CCCNC3)cc12. The van der Waals surface area contributed by atoms with Gasteiger partial charge in [-0.1, -0.05) is 0 Å². The van der Waals surface area contributed by atoms with E-state index in [-0.39, 0.29) is 17.9 Å². The minimum atomic E-state index is -0.662. The summed E-state index contributed by atoms with van der Waals surface area (Å²) in [5.74, 6) is 1.18. The van der Waals surface area contributed by atoms with Gasteiger partial charge in [-0.2, -0.15) is 0 Å². The van der Waals surface area contributed by atoms with Crippen LogP contribution in [0.1, 0.15) is 45.4 Å². The highest BCUT2D eigenvalue weighted by Gasteiger charge is 2.21. The lowest BCUT2D eigenvalue weighted by atomic mass is 9.99. The number of carbonyl (C=O) groups excluding carboxylic acids is 1. The van der Waals surface area contributed by atoms with Crippen LogP contribution in [0.2, 0.25) is 0 Å². The highest BCUT2D eigenvalue weighted by molar-refractivity contribution is 5.97. The number of piperidine rings is 1. The largest absolute Gasteiger partial charge is 0.387 e. The van der Waals surface area contributed by atoms with Crippen LogP contribution < -0.4 is 16.0 Å². The summed E-state index contributed by atoms with van der Waals surface area (Å²) in [4.78, 5) is 21.4. The van der Waals surface area contributed by atoms with Gasteiger partial charge in [0.2, 0.25) is 5.91 Å². The first kappa shape index (κ1) is 18.5. The van der Waals surface area contributed by atoms with E-state index in [1.165, 1.54) is 0 Å². The standard InChI is InChI=1S/C19H27N5O2/c1-11(2)22-18-15-8-17(24-19(26)13-5-4-6-20-9-13)21-10-14(15)7-16(23-18)12(3)25/h7-8,10-13,20,25H,4-6,9H2,1-3H3,(H,22,23)(H,21,24,26)/t12-,13?/m1/s1. The maximum absolute atomic E-state index is 12.5. The van der Waals surface area contributed by atoms with Crippen LogP contribution in [0, 0.1) is 5.92 Å². The number of aromatic nitrogens is 2. The van der Waals surface area contributed by atoms with Gasteiger partial charge in [-0.3, -0.25) is 4.79 Å². The number of amides is 1. The van der Waals surface area contributed by atoms with E-state index in [2.05, 4.69) is 25.9 Å². The molecule has 1 unspecified atom stereocenters. The molecule has 0 bridgehead atoms.